The van der Waals surface area contributed by atoms with Gasteiger partial charge in [-0.25, -0.2) is 0 Å². The first-order valence-corrected chi connectivity index (χ1v) is 7.99. The normalized spacial score (nSPS) is 11.2. The van der Waals surface area contributed by atoms with Crippen molar-refractivity contribution >= 4 is 28.2 Å². The molecular formula is C18H16N4O5. The van der Waals surface area contributed by atoms with Crippen LogP contribution >= 0.6 is 0 Å². The van der Waals surface area contributed by atoms with E-state index in [2.05, 4.69) is 15.2 Å². The molecule has 0 fully saturated rings. The number of carbonyl (C=O) groups is 1. The summed E-state index contributed by atoms with van der Waals surface area (Å²) in [6.45, 7) is 3.19. The van der Waals surface area contributed by atoms with E-state index in [4.69, 9.17) is 4.74 Å². The van der Waals surface area contributed by atoms with Crippen LogP contribution in [0.3, 0.4) is 0 Å². The highest BCUT2D eigenvalue weighted by atomic mass is 16.6. The Kier molecular flexibility index (Phi) is 4.84. The molecule has 138 valence electrons. The minimum atomic E-state index is -0.658. The van der Waals surface area contributed by atoms with Crippen molar-refractivity contribution in [1.29, 1.82) is 0 Å². The van der Waals surface area contributed by atoms with Gasteiger partial charge in [0.15, 0.2) is 12.3 Å². The van der Waals surface area contributed by atoms with Gasteiger partial charge in [-0.2, -0.15) is 0 Å². The van der Waals surface area contributed by atoms with Crippen LogP contribution in [0.2, 0.25) is 0 Å². The van der Waals surface area contributed by atoms with Crippen LogP contribution in [-0.4, -0.2) is 27.5 Å². The molecule has 2 aromatic carbocycles. The van der Waals surface area contributed by atoms with Gasteiger partial charge in [-0.15, -0.1) is 10.2 Å². The van der Waals surface area contributed by atoms with Crippen LogP contribution in [0.25, 0.3) is 10.9 Å². The highest BCUT2D eigenvalue weighted by Gasteiger charge is 2.17. The van der Waals surface area contributed by atoms with E-state index in [9.17, 15) is 20.0 Å². The number of nitrogens with one attached hydrogen (secondary N) is 1. The number of aromatic hydroxyl groups is 1. The van der Waals surface area contributed by atoms with Gasteiger partial charge in [-0.1, -0.05) is 18.2 Å². The van der Waals surface area contributed by atoms with Gasteiger partial charge in [0, 0.05) is 17.5 Å². The molecule has 0 aliphatic rings. The molecule has 0 bridgehead atoms. The average Bonchev–Trinajstić information content (AvgIpc) is 2.95. The summed E-state index contributed by atoms with van der Waals surface area (Å²) >= 11 is 0. The maximum absolute atomic E-state index is 11.9. The number of amides is 1. The lowest BCUT2D eigenvalue weighted by atomic mass is 10.1. The number of aryl methyl sites for hydroxylation is 2. The molecule has 3 rings (SSSR count). The molecule has 9 heteroatoms. The number of nitro groups is 1. The standard InChI is InChI=1S/C18H16N4O5/c1-10-5-3-4-6-14(10)27-9-15(23)20-21-17-13-8-12(22(25)26)7-11(2)16(13)19-18(17)24/h3-8,19,24H,9H2,1-2H3. The summed E-state index contributed by atoms with van der Waals surface area (Å²) in [4.78, 5) is 25.1. The van der Waals surface area contributed by atoms with E-state index in [0.29, 0.717) is 22.2 Å². The first kappa shape index (κ1) is 18.1. The van der Waals surface area contributed by atoms with E-state index in [0.717, 1.165) is 5.56 Å². The van der Waals surface area contributed by atoms with Gasteiger partial charge in [0.1, 0.15) is 5.75 Å². The second kappa shape index (κ2) is 7.24. The molecule has 0 atom stereocenters. The van der Waals surface area contributed by atoms with Crippen LogP contribution in [0, 0.1) is 24.0 Å². The molecule has 2 N–H and O–H groups in total. The Morgan fingerprint density at radius 1 is 1.26 bits per heavy atom. The maximum Gasteiger partial charge on any atom is 0.302 e. The van der Waals surface area contributed by atoms with E-state index in [1.165, 1.54) is 12.1 Å². The summed E-state index contributed by atoms with van der Waals surface area (Å²) in [5.41, 5.74) is 1.73. The number of para-hydroxylation sites is 1. The van der Waals surface area contributed by atoms with Crippen molar-refractivity contribution in [2.75, 3.05) is 6.61 Å². The monoisotopic (exact) mass is 368 g/mol. The Labute approximate surface area is 153 Å². The number of carbonyl (C=O) groups excluding carboxylic acids is 1. The van der Waals surface area contributed by atoms with Gasteiger partial charge in [0.2, 0.25) is 5.88 Å². The summed E-state index contributed by atoms with van der Waals surface area (Å²) in [7, 11) is 0. The summed E-state index contributed by atoms with van der Waals surface area (Å²) in [5.74, 6) is -0.429. The zero-order valence-corrected chi connectivity index (χ0v) is 14.6. The molecule has 0 unspecified atom stereocenters. The molecule has 0 aliphatic heterocycles. The zero-order chi connectivity index (χ0) is 19.6. The molecule has 0 radical (unpaired) electrons. The number of ether oxygens (including phenoxy) is 1. The number of aromatic amines is 1. The lowest BCUT2D eigenvalue weighted by molar-refractivity contribution is -0.384. The number of nitro benzene ring substituents is 1. The number of azo groups is 1. The second-order valence-corrected chi connectivity index (χ2v) is 5.91. The fourth-order valence-electron chi connectivity index (χ4n) is 2.63. The third kappa shape index (κ3) is 3.76. The molecule has 9 nitrogen and oxygen atoms in total. The van der Waals surface area contributed by atoms with Crippen LogP contribution in [0.5, 0.6) is 11.6 Å². The van der Waals surface area contributed by atoms with Crippen molar-refractivity contribution in [3.05, 3.63) is 57.6 Å². The number of non-ortho nitro benzene ring substituents is 1. The van der Waals surface area contributed by atoms with Gasteiger partial charge < -0.3 is 14.8 Å². The lowest BCUT2D eigenvalue weighted by Gasteiger charge is -2.05. The topological polar surface area (TPSA) is 130 Å². The third-order valence-electron chi connectivity index (χ3n) is 3.96. The second-order valence-electron chi connectivity index (χ2n) is 5.91. The van der Waals surface area contributed by atoms with E-state index >= 15 is 0 Å². The number of rotatable bonds is 5. The minimum absolute atomic E-state index is 0.0407. The van der Waals surface area contributed by atoms with Crippen LogP contribution in [0.1, 0.15) is 11.1 Å². The Bertz CT molecular complexity index is 1070. The van der Waals surface area contributed by atoms with Crippen molar-refractivity contribution in [3.8, 4) is 11.6 Å². The first-order chi connectivity index (χ1) is 12.9. The molecule has 1 heterocycles. The van der Waals surface area contributed by atoms with Gasteiger partial charge in [-0.05, 0) is 31.0 Å². The molecule has 3 aromatic rings. The van der Waals surface area contributed by atoms with Crippen LogP contribution in [0.15, 0.2) is 46.6 Å². The molecule has 0 saturated carbocycles. The van der Waals surface area contributed by atoms with Gasteiger partial charge in [0.05, 0.1) is 10.4 Å². The first-order valence-electron chi connectivity index (χ1n) is 7.99. The summed E-state index contributed by atoms with van der Waals surface area (Å²) in [6.07, 6.45) is 0. The molecule has 0 aliphatic carbocycles. The van der Waals surface area contributed by atoms with E-state index in [-0.39, 0.29) is 23.9 Å². The van der Waals surface area contributed by atoms with E-state index in [1.807, 2.05) is 19.1 Å². The Balaban J connectivity index is 1.83. The van der Waals surface area contributed by atoms with E-state index in [1.54, 1.807) is 19.1 Å². The van der Waals surface area contributed by atoms with Crippen LogP contribution in [-0.2, 0) is 4.79 Å². The number of fused-ring (bicyclic) bond motifs is 1. The minimum Gasteiger partial charge on any atom is -0.493 e. The fraction of sp³-hybridized carbons (Fsp3) is 0.167. The molecule has 1 amide bonds. The SMILES string of the molecule is Cc1ccccc1OCC(=O)N=Nc1c(O)[nH]c2c(C)cc([N+](=O)[O-])cc12. The highest BCUT2D eigenvalue weighted by molar-refractivity contribution is 5.97. The van der Waals surface area contributed by atoms with Gasteiger partial charge in [-0.3, -0.25) is 14.9 Å². The van der Waals surface area contributed by atoms with Gasteiger partial charge in [0.25, 0.3) is 5.69 Å². The fourth-order valence-corrected chi connectivity index (χ4v) is 2.63. The molecule has 0 saturated heterocycles. The smallest absolute Gasteiger partial charge is 0.302 e. The number of hydrogen-bond donors (Lipinski definition) is 2. The maximum atomic E-state index is 11.9. The third-order valence-corrected chi connectivity index (χ3v) is 3.96. The quantitative estimate of drug-likeness (QED) is 0.398. The van der Waals surface area contributed by atoms with Crippen molar-refractivity contribution in [2.45, 2.75) is 13.8 Å². The van der Waals surface area contributed by atoms with Crippen molar-refractivity contribution in [3.63, 3.8) is 0 Å². The van der Waals surface area contributed by atoms with Crippen molar-refractivity contribution in [2.24, 2.45) is 10.2 Å². The summed E-state index contributed by atoms with van der Waals surface area (Å²) < 4.78 is 5.39. The number of benzene rings is 2. The zero-order valence-electron chi connectivity index (χ0n) is 14.6. The number of H-pyrrole nitrogens is 1. The Hall–Kier alpha value is -3.75. The highest BCUT2D eigenvalue weighted by Crippen LogP contribution is 2.38. The number of hydrogen-bond acceptors (Lipinski definition) is 6. The average molecular weight is 368 g/mol. The van der Waals surface area contributed by atoms with Crippen molar-refractivity contribution in [1.82, 2.24) is 4.98 Å². The molecule has 0 spiro atoms. The van der Waals surface area contributed by atoms with Crippen LogP contribution < -0.4 is 4.74 Å². The van der Waals surface area contributed by atoms with Crippen LogP contribution in [0.4, 0.5) is 11.4 Å². The Morgan fingerprint density at radius 3 is 2.70 bits per heavy atom. The van der Waals surface area contributed by atoms with Crippen molar-refractivity contribution < 1.29 is 19.6 Å². The Morgan fingerprint density at radius 2 is 2.00 bits per heavy atom. The predicted octanol–water partition coefficient (Wildman–Crippen LogP) is 4.09. The summed E-state index contributed by atoms with van der Waals surface area (Å²) in [5, 5.41) is 28.7. The predicted molar refractivity (Wildman–Crippen MR) is 97.6 cm³/mol. The lowest BCUT2D eigenvalue weighted by Crippen LogP contribution is -2.08. The molecule has 1 aromatic heterocycles. The largest absolute Gasteiger partial charge is 0.493 e. The van der Waals surface area contributed by atoms with E-state index < -0.39 is 10.8 Å². The number of aromatic nitrogens is 1. The number of nitrogens with zero attached hydrogens (tertiary/aromatic N) is 3. The molecular weight excluding hydrogens is 352 g/mol. The molecule has 27 heavy (non-hydrogen) atoms. The summed E-state index contributed by atoms with van der Waals surface area (Å²) in [6, 6.07) is 9.85. The van der Waals surface area contributed by atoms with Gasteiger partial charge >= 0.3 is 5.91 Å².